The second kappa shape index (κ2) is 9.56. The number of nitrogens with one attached hydrogen (secondary N) is 1. The lowest BCUT2D eigenvalue weighted by Crippen LogP contribution is -2.17. The fourth-order valence-electron chi connectivity index (χ4n) is 3.60. The summed E-state index contributed by atoms with van der Waals surface area (Å²) in [5.41, 5.74) is 9.81. The van der Waals surface area contributed by atoms with Crippen molar-refractivity contribution >= 4 is 28.8 Å². The summed E-state index contributed by atoms with van der Waals surface area (Å²) in [6, 6.07) is 15.9. The molecule has 2 aromatic carbocycles. The largest absolute Gasteiger partial charge is 0.497 e. The molecule has 2 heterocycles. The molecule has 9 nitrogen and oxygen atoms in total. The molecule has 0 saturated carbocycles. The van der Waals surface area contributed by atoms with Crippen LogP contribution in [0.4, 0.5) is 11.9 Å². The number of aromatic nitrogens is 4. The van der Waals surface area contributed by atoms with Crippen molar-refractivity contribution < 1.29 is 14.3 Å². The van der Waals surface area contributed by atoms with Gasteiger partial charge in [0.2, 0.25) is 11.9 Å². The highest BCUT2D eigenvalue weighted by Crippen LogP contribution is 2.32. The van der Waals surface area contributed by atoms with Crippen LogP contribution in [0.25, 0.3) is 22.2 Å². The van der Waals surface area contributed by atoms with E-state index in [4.69, 9.17) is 15.2 Å². The van der Waals surface area contributed by atoms with Crippen LogP contribution >= 0.6 is 0 Å². The Morgan fingerprint density at radius 3 is 2.55 bits per heavy atom. The third kappa shape index (κ3) is 5.03. The predicted molar refractivity (Wildman–Crippen MR) is 127 cm³/mol. The number of nitrogens with two attached hydrogens (primary N) is 1. The van der Waals surface area contributed by atoms with Gasteiger partial charge in [-0.25, -0.2) is 0 Å². The summed E-state index contributed by atoms with van der Waals surface area (Å²) in [7, 11) is 5.24. The van der Waals surface area contributed by atoms with E-state index in [0.29, 0.717) is 18.2 Å². The van der Waals surface area contributed by atoms with Gasteiger partial charge in [0.25, 0.3) is 0 Å². The molecule has 9 heteroatoms. The maximum atomic E-state index is 12.5. The lowest BCUT2D eigenvalue weighted by molar-refractivity contribution is -0.145. The van der Waals surface area contributed by atoms with E-state index in [0.717, 1.165) is 33.5 Å². The van der Waals surface area contributed by atoms with E-state index >= 15 is 0 Å². The number of rotatable bonds is 8. The first-order valence-electron chi connectivity index (χ1n) is 10.5. The van der Waals surface area contributed by atoms with Crippen LogP contribution in [0.5, 0.6) is 5.75 Å². The Bertz CT molecular complexity index is 1270. The van der Waals surface area contributed by atoms with E-state index in [1.165, 1.54) is 0 Å². The summed E-state index contributed by atoms with van der Waals surface area (Å²) in [5, 5.41) is 1.08. The van der Waals surface area contributed by atoms with Crippen molar-refractivity contribution in [2.24, 2.45) is 0 Å². The number of aromatic amines is 1. The predicted octanol–water partition coefficient (Wildman–Crippen LogP) is 3.35. The molecule has 3 N–H and O–H groups in total. The van der Waals surface area contributed by atoms with Gasteiger partial charge in [-0.15, -0.1) is 0 Å². The third-order valence-corrected chi connectivity index (χ3v) is 5.22. The number of nitrogens with zero attached hydrogens (tertiary/aromatic N) is 4. The van der Waals surface area contributed by atoms with Gasteiger partial charge in [-0.1, -0.05) is 18.2 Å². The van der Waals surface area contributed by atoms with Gasteiger partial charge >= 0.3 is 5.97 Å². The molecule has 0 radical (unpaired) electrons. The molecule has 0 aliphatic rings. The summed E-state index contributed by atoms with van der Waals surface area (Å²) in [4.78, 5) is 30.1. The number of carbonyl (C=O) groups is 1. The van der Waals surface area contributed by atoms with Gasteiger partial charge in [0.05, 0.1) is 7.11 Å². The van der Waals surface area contributed by atoms with Gasteiger partial charge in [0.15, 0.2) is 12.4 Å². The second-order valence-corrected chi connectivity index (χ2v) is 7.72. The van der Waals surface area contributed by atoms with Crippen molar-refractivity contribution in [3.63, 3.8) is 0 Å². The molecular weight excluding hydrogens is 420 g/mol. The summed E-state index contributed by atoms with van der Waals surface area (Å²) < 4.78 is 10.7. The van der Waals surface area contributed by atoms with Crippen LogP contribution in [0, 0.1) is 0 Å². The van der Waals surface area contributed by atoms with Gasteiger partial charge in [-0.05, 0) is 47.9 Å². The van der Waals surface area contributed by atoms with Crippen LogP contribution in [-0.4, -0.2) is 47.1 Å². The highest BCUT2D eigenvalue weighted by atomic mass is 16.5. The van der Waals surface area contributed by atoms with Crippen LogP contribution in [0.3, 0.4) is 0 Å². The maximum absolute atomic E-state index is 12.5. The Kier molecular flexibility index (Phi) is 6.39. The number of hydrogen-bond donors (Lipinski definition) is 2. The van der Waals surface area contributed by atoms with Gasteiger partial charge < -0.3 is 25.1 Å². The maximum Gasteiger partial charge on any atom is 0.306 e. The molecule has 0 fully saturated rings. The molecule has 4 rings (SSSR count). The van der Waals surface area contributed by atoms with E-state index < -0.39 is 0 Å². The Labute approximate surface area is 191 Å². The van der Waals surface area contributed by atoms with Crippen LogP contribution in [-0.2, 0) is 22.6 Å². The molecule has 2 aromatic heterocycles. The van der Waals surface area contributed by atoms with E-state index in [2.05, 4.69) is 26.0 Å². The Morgan fingerprint density at radius 1 is 1.06 bits per heavy atom. The number of anilines is 2. The molecule has 0 amide bonds. The van der Waals surface area contributed by atoms with Gasteiger partial charge in [0, 0.05) is 37.1 Å². The average Bonchev–Trinajstić information content (AvgIpc) is 3.19. The van der Waals surface area contributed by atoms with Crippen molar-refractivity contribution in [1.29, 1.82) is 0 Å². The number of methoxy groups -OCH3 is 1. The first-order chi connectivity index (χ1) is 15.9. The molecule has 33 heavy (non-hydrogen) atoms. The van der Waals surface area contributed by atoms with Crippen LogP contribution in [0.2, 0.25) is 0 Å². The molecule has 0 bridgehead atoms. The van der Waals surface area contributed by atoms with Crippen molar-refractivity contribution in [3.05, 3.63) is 59.9 Å². The summed E-state index contributed by atoms with van der Waals surface area (Å²) >= 11 is 0. The quantitative estimate of drug-likeness (QED) is 0.396. The summed E-state index contributed by atoms with van der Waals surface area (Å²) in [5.74, 6) is 1.26. The normalized spacial score (nSPS) is 10.9. The molecule has 0 unspecified atom stereocenters. The zero-order valence-electron chi connectivity index (χ0n) is 18.8. The minimum absolute atomic E-state index is 0.0639. The number of carbonyl (C=O) groups excluding carboxylic acids is 1. The number of fused-ring (bicyclic) bond motifs is 1. The topological polar surface area (TPSA) is 119 Å². The second-order valence-electron chi connectivity index (χ2n) is 7.72. The fourth-order valence-corrected chi connectivity index (χ4v) is 3.60. The van der Waals surface area contributed by atoms with Crippen molar-refractivity contribution in [2.45, 2.75) is 19.4 Å². The molecule has 0 atom stereocenters. The van der Waals surface area contributed by atoms with Gasteiger partial charge in [0.1, 0.15) is 5.75 Å². The van der Waals surface area contributed by atoms with E-state index in [-0.39, 0.29) is 24.9 Å². The lowest BCUT2D eigenvalue weighted by atomic mass is 10.0. The highest BCUT2D eigenvalue weighted by molar-refractivity contribution is 5.91. The number of ether oxygens (including phenoxy) is 2. The van der Waals surface area contributed by atoms with Crippen molar-refractivity contribution in [3.8, 4) is 17.0 Å². The summed E-state index contributed by atoms with van der Waals surface area (Å²) in [6.07, 6.45) is 0.735. The molecular formula is C24H26N6O3. The number of esters is 1. The average molecular weight is 447 g/mol. The lowest BCUT2D eigenvalue weighted by Gasteiger charge is -2.11. The highest BCUT2D eigenvalue weighted by Gasteiger charge is 2.16. The molecule has 0 aliphatic heterocycles. The zero-order chi connectivity index (χ0) is 23.4. The van der Waals surface area contributed by atoms with E-state index in [1.54, 1.807) is 26.1 Å². The van der Waals surface area contributed by atoms with Crippen LogP contribution < -0.4 is 15.4 Å². The zero-order valence-corrected chi connectivity index (χ0v) is 18.8. The van der Waals surface area contributed by atoms with Crippen molar-refractivity contribution in [2.75, 3.05) is 31.8 Å². The van der Waals surface area contributed by atoms with Crippen LogP contribution in [0.15, 0.2) is 48.5 Å². The van der Waals surface area contributed by atoms with Crippen molar-refractivity contribution in [1.82, 2.24) is 19.9 Å². The van der Waals surface area contributed by atoms with Gasteiger partial charge in [-0.2, -0.15) is 15.0 Å². The number of nitrogen functional groups attached to an aromatic ring is 1. The minimum Gasteiger partial charge on any atom is -0.497 e. The summed E-state index contributed by atoms with van der Waals surface area (Å²) in [6.45, 7) is -0.0639. The Hall–Kier alpha value is -4.14. The number of hydrogen-bond acceptors (Lipinski definition) is 8. The standard InChI is InChI=1S/C24H26N6O3/c1-30(2)24-28-20(27-23(25)29-24)14-33-21(31)13-12-18-17-6-4-5-7-19(17)26-22(18)15-8-10-16(32-3)11-9-15/h4-11,26H,12-14H2,1-3H3,(H2,25,27,28,29). The molecule has 4 aromatic rings. The monoisotopic (exact) mass is 446 g/mol. The third-order valence-electron chi connectivity index (χ3n) is 5.22. The minimum atomic E-state index is -0.341. The molecule has 0 saturated heterocycles. The van der Waals surface area contributed by atoms with E-state index in [1.807, 2.05) is 42.5 Å². The molecule has 0 spiro atoms. The smallest absolute Gasteiger partial charge is 0.306 e. The SMILES string of the molecule is COc1ccc(-c2[nH]c3ccccc3c2CCC(=O)OCc2nc(N)nc(N(C)C)n2)cc1. The van der Waals surface area contributed by atoms with Gasteiger partial charge in [-0.3, -0.25) is 4.79 Å². The number of benzene rings is 2. The fraction of sp³-hybridized carbons (Fsp3) is 0.250. The first-order valence-corrected chi connectivity index (χ1v) is 10.5. The first kappa shape index (κ1) is 22.1. The Balaban J connectivity index is 1.49. The number of H-pyrrole nitrogens is 1. The number of aryl methyl sites for hydroxylation is 1. The number of para-hydroxylation sites is 1. The Morgan fingerprint density at radius 2 is 1.82 bits per heavy atom. The van der Waals surface area contributed by atoms with Crippen LogP contribution in [0.1, 0.15) is 17.8 Å². The van der Waals surface area contributed by atoms with E-state index in [9.17, 15) is 4.79 Å². The molecule has 0 aliphatic carbocycles. The molecule has 170 valence electrons.